The van der Waals surface area contributed by atoms with E-state index < -0.39 is 11.7 Å². The van der Waals surface area contributed by atoms with E-state index in [9.17, 15) is 14.4 Å². The van der Waals surface area contributed by atoms with Crippen molar-refractivity contribution < 1.29 is 14.4 Å². The monoisotopic (exact) mass is 342 g/mol. The van der Waals surface area contributed by atoms with E-state index in [4.69, 9.17) is 0 Å². The average Bonchev–Trinajstić information content (AvgIpc) is 2.85. The number of aromatic nitrogens is 2. The topological polar surface area (TPSA) is 84.3 Å². The number of carbonyl (C=O) groups is 3. The maximum Gasteiger partial charge on any atom is 0.295 e. The highest BCUT2D eigenvalue weighted by atomic mass is 16.2. The van der Waals surface area contributed by atoms with Gasteiger partial charge in [-0.2, -0.15) is 5.10 Å². The maximum atomic E-state index is 12.5. The molecule has 0 spiro atoms. The van der Waals surface area contributed by atoms with Crippen LogP contribution in [0.5, 0.6) is 0 Å². The first kappa shape index (κ1) is 18.4. The molecule has 7 nitrogen and oxygen atoms in total. The smallest absolute Gasteiger partial charge is 0.295 e. The van der Waals surface area contributed by atoms with Gasteiger partial charge in [0, 0.05) is 38.9 Å². The van der Waals surface area contributed by atoms with E-state index in [1.54, 1.807) is 63.9 Å². The van der Waals surface area contributed by atoms with Crippen LogP contribution in [-0.4, -0.2) is 46.4 Å². The van der Waals surface area contributed by atoms with E-state index in [1.165, 1.54) is 4.90 Å². The van der Waals surface area contributed by atoms with E-state index in [0.29, 0.717) is 22.5 Å². The molecule has 0 unspecified atom stereocenters. The molecule has 0 radical (unpaired) electrons. The summed E-state index contributed by atoms with van der Waals surface area (Å²) in [6.45, 7) is 3.75. The Kier molecular flexibility index (Phi) is 5.36. The lowest BCUT2D eigenvalue weighted by Gasteiger charge is -2.16. The molecule has 0 aliphatic heterocycles. The Hall–Kier alpha value is -2.96. The number of aryl methyl sites for hydroxylation is 2. The predicted molar refractivity (Wildman–Crippen MR) is 93.3 cm³/mol. The summed E-state index contributed by atoms with van der Waals surface area (Å²) in [7, 11) is 4.88. The summed E-state index contributed by atoms with van der Waals surface area (Å²) >= 11 is 0. The lowest BCUT2D eigenvalue weighted by molar-refractivity contribution is -0.125. The summed E-state index contributed by atoms with van der Waals surface area (Å²) in [6, 6.07) is 6.90. The molecule has 0 bridgehead atoms. The largest absolute Gasteiger partial charge is 0.355 e. The highest BCUT2D eigenvalue weighted by molar-refractivity contribution is 6.43. The summed E-state index contributed by atoms with van der Waals surface area (Å²) in [5, 5.41) is 6.73. The molecule has 25 heavy (non-hydrogen) atoms. The van der Waals surface area contributed by atoms with Gasteiger partial charge in [0.1, 0.15) is 0 Å². The molecule has 2 rings (SSSR count). The number of nitrogens with zero attached hydrogens (tertiary/aromatic N) is 3. The quantitative estimate of drug-likeness (QED) is 0.654. The van der Waals surface area contributed by atoms with Crippen LogP contribution >= 0.6 is 0 Å². The maximum absolute atomic E-state index is 12.5. The molecule has 0 fully saturated rings. The zero-order valence-corrected chi connectivity index (χ0v) is 15.1. The number of Topliss-reactive ketones (excluding diaryl/α,β-unsaturated/α-hetero) is 1. The van der Waals surface area contributed by atoms with E-state index in [1.807, 2.05) is 0 Å². The molecule has 1 aromatic heterocycles. The third-order valence-electron chi connectivity index (χ3n) is 4.14. The van der Waals surface area contributed by atoms with Crippen molar-refractivity contribution in [3.05, 3.63) is 52.3 Å². The fourth-order valence-corrected chi connectivity index (χ4v) is 2.63. The van der Waals surface area contributed by atoms with Gasteiger partial charge < -0.3 is 10.2 Å². The second-order valence-corrected chi connectivity index (χ2v) is 5.94. The van der Waals surface area contributed by atoms with E-state index in [-0.39, 0.29) is 12.5 Å². The van der Waals surface area contributed by atoms with E-state index in [0.717, 1.165) is 5.56 Å². The average molecular weight is 342 g/mol. The molecule has 0 atom stereocenters. The van der Waals surface area contributed by atoms with Gasteiger partial charge in [0.05, 0.1) is 11.3 Å². The number of rotatable bonds is 5. The normalized spacial score (nSPS) is 10.4. The van der Waals surface area contributed by atoms with Crippen molar-refractivity contribution in [3.63, 3.8) is 0 Å². The Morgan fingerprint density at radius 1 is 1.16 bits per heavy atom. The van der Waals surface area contributed by atoms with Gasteiger partial charge in [-0.1, -0.05) is 12.1 Å². The van der Waals surface area contributed by atoms with Gasteiger partial charge in [-0.15, -0.1) is 0 Å². The zero-order valence-electron chi connectivity index (χ0n) is 15.1. The molecule has 0 aliphatic carbocycles. The molecule has 1 aromatic carbocycles. The third-order valence-corrected chi connectivity index (χ3v) is 4.14. The minimum Gasteiger partial charge on any atom is -0.355 e. The van der Waals surface area contributed by atoms with Crippen molar-refractivity contribution in [2.75, 3.05) is 14.1 Å². The molecular weight excluding hydrogens is 320 g/mol. The van der Waals surface area contributed by atoms with Crippen LogP contribution < -0.4 is 5.32 Å². The highest BCUT2D eigenvalue weighted by Gasteiger charge is 2.26. The minimum absolute atomic E-state index is 0.173. The standard InChI is InChI=1S/C18H22N4O3/c1-11-15(12(2)22(5)20-11)16(23)18(25)21(4)10-13-6-8-14(9-7-13)17(24)19-3/h6-9H,10H2,1-5H3,(H,19,24). The Labute approximate surface area is 146 Å². The van der Waals surface area contributed by atoms with Crippen molar-refractivity contribution >= 4 is 17.6 Å². The van der Waals surface area contributed by atoms with Crippen LogP contribution in [0.1, 0.15) is 37.7 Å². The second kappa shape index (κ2) is 7.29. The lowest BCUT2D eigenvalue weighted by atomic mass is 10.1. The van der Waals surface area contributed by atoms with Crippen LogP contribution in [0.3, 0.4) is 0 Å². The highest BCUT2D eigenvalue weighted by Crippen LogP contribution is 2.15. The second-order valence-electron chi connectivity index (χ2n) is 5.94. The van der Waals surface area contributed by atoms with Crippen molar-refractivity contribution in [1.82, 2.24) is 20.0 Å². The molecule has 7 heteroatoms. The molecule has 0 aliphatic rings. The number of hydrogen-bond donors (Lipinski definition) is 1. The summed E-state index contributed by atoms with van der Waals surface area (Å²) in [6.07, 6.45) is 0. The number of likely N-dealkylation sites (N-methyl/N-ethyl adjacent to an activating group) is 1. The Morgan fingerprint density at radius 3 is 2.24 bits per heavy atom. The Balaban J connectivity index is 2.12. The van der Waals surface area contributed by atoms with Gasteiger partial charge in [-0.05, 0) is 31.5 Å². The summed E-state index contributed by atoms with van der Waals surface area (Å²) in [5.41, 5.74) is 2.93. The first-order valence-electron chi connectivity index (χ1n) is 7.87. The van der Waals surface area contributed by atoms with Gasteiger partial charge in [0.2, 0.25) is 0 Å². The number of benzene rings is 1. The van der Waals surface area contributed by atoms with Crippen molar-refractivity contribution in [3.8, 4) is 0 Å². The van der Waals surface area contributed by atoms with Crippen molar-refractivity contribution in [1.29, 1.82) is 0 Å². The lowest BCUT2D eigenvalue weighted by Crippen LogP contribution is -2.33. The first-order valence-corrected chi connectivity index (χ1v) is 7.87. The van der Waals surface area contributed by atoms with Crippen molar-refractivity contribution in [2.45, 2.75) is 20.4 Å². The number of ketones is 1. The SMILES string of the molecule is CNC(=O)c1ccc(CN(C)C(=O)C(=O)c2c(C)nn(C)c2C)cc1. The molecular formula is C18H22N4O3. The predicted octanol–water partition coefficient (Wildman–Crippen LogP) is 1.24. The molecule has 1 heterocycles. The molecule has 2 aromatic rings. The number of carbonyl (C=O) groups excluding carboxylic acids is 3. The molecule has 1 N–H and O–H groups in total. The Bertz CT molecular complexity index is 822. The van der Waals surface area contributed by atoms with Gasteiger partial charge >= 0.3 is 0 Å². The van der Waals surface area contributed by atoms with E-state index >= 15 is 0 Å². The number of nitrogens with one attached hydrogen (secondary N) is 1. The molecule has 132 valence electrons. The summed E-state index contributed by atoms with van der Waals surface area (Å²) < 4.78 is 1.59. The zero-order chi connectivity index (χ0) is 18.7. The van der Waals surface area contributed by atoms with Gasteiger partial charge in [-0.25, -0.2) is 0 Å². The minimum atomic E-state index is -0.588. The van der Waals surface area contributed by atoms with Crippen molar-refractivity contribution in [2.24, 2.45) is 7.05 Å². The van der Waals surface area contributed by atoms with Gasteiger partial charge in [0.15, 0.2) is 0 Å². The number of hydrogen-bond acceptors (Lipinski definition) is 4. The van der Waals surface area contributed by atoms with Gasteiger partial charge in [-0.3, -0.25) is 19.1 Å². The van der Waals surface area contributed by atoms with E-state index in [2.05, 4.69) is 10.4 Å². The molecule has 2 amide bonds. The summed E-state index contributed by atoms with van der Waals surface area (Å²) in [5.74, 6) is -1.32. The molecule has 0 saturated carbocycles. The first-order chi connectivity index (χ1) is 11.8. The molecule has 0 saturated heterocycles. The number of amides is 2. The van der Waals surface area contributed by atoms with Crippen LogP contribution in [0, 0.1) is 13.8 Å². The van der Waals surface area contributed by atoms with Crippen LogP contribution in [0.4, 0.5) is 0 Å². The Morgan fingerprint density at radius 2 is 1.76 bits per heavy atom. The fraction of sp³-hybridized carbons (Fsp3) is 0.333. The van der Waals surface area contributed by atoms with Crippen LogP contribution in [-0.2, 0) is 18.4 Å². The van der Waals surface area contributed by atoms with Crippen LogP contribution in [0.2, 0.25) is 0 Å². The van der Waals surface area contributed by atoms with Crippen LogP contribution in [0.25, 0.3) is 0 Å². The summed E-state index contributed by atoms with van der Waals surface area (Å²) in [4.78, 5) is 37.9. The third kappa shape index (κ3) is 3.76. The van der Waals surface area contributed by atoms with Crippen LogP contribution in [0.15, 0.2) is 24.3 Å². The van der Waals surface area contributed by atoms with Gasteiger partial charge in [0.25, 0.3) is 17.6 Å². The fourth-order valence-electron chi connectivity index (χ4n) is 2.63.